The molecule has 98 valence electrons. The number of thioether (sulfide) groups is 1. The zero-order valence-corrected chi connectivity index (χ0v) is 11.8. The number of nitrogens with zero attached hydrogens (tertiary/aromatic N) is 2. The molecule has 0 aromatic rings. The molecule has 0 spiro atoms. The van der Waals surface area contributed by atoms with Crippen LogP contribution in [0.4, 0.5) is 0 Å². The Morgan fingerprint density at radius 3 is 2.47 bits per heavy atom. The first kappa shape index (κ1) is 12.3. The van der Waals surface area contributed by atoms with Gasteiger partial charge in [-0.15, -0.1) is 0 Å². The average Bonchev–Trinajstić information content (AvgIpc) is 2.62. The molecule has 2 atom stereocenters. The number of hydrogen-bond donors (Lipinski definition) is 0. The van der Waals surface area contributed by atoms with Crippen LogP contribution in [0.1, 0.15) is 38.5 Å². The topological polar surface area (TPSA) is 6.48 Å². The summed E-state index contributed by atoms with van der Waals surface area (Å²) in [6.07, 6.45) is 8.66. The van der Waals surface area contributed by atoms with Gasteiger partial charge in [0.2, 0.25) is 0 Å². The third-order valence-electron chi connectivity index (χ3n) is 4.74. The van der Waals surface area contributed by atoms with E-state index in [0.717, 1.165) is 12.1 Å². The van der Waals surface area contributed by atoms with Crippen molar-refractivity contribution in [2.24, 2.45) is 0 Å². The lowest BCUT2D eigenvalue weighted by atomic mass is 10.0. The maximum atomic E-state index is 2.84. The molecule has 0 aliphatic carbocycles. The van der Waals surface area contributed by atoms with E-state index in [9.17, 15) is 0 Å². The van der Waals surface area contributed by atoms with E-state index in [1.807, 2.05) is 0 Å². The Morgan fingerprint density at radius 2 is 1.59 bits per heavy atom. The van der Waals surface area contributed by atoms with Gasteiger partial charge in [0.15, 0.2) is 0 Å². The Labute approximate surface area is 110 Å². The van der Waals surface area contributed by atoms with Crippen LogP contribution in [0.3, 0.4) is 0 Å². The van der Waals surface area contributed by atoms with Gasteiger partial charge in [-0.25, -0.2) is 0 Å². The van der Waals surface area contributed by atoms with Crippen LogP contribution < -0.4 is 0 Å². The van der Waals surface area contributed by atoms with Gasteiger partial charge in [-0.3, -0.25) is 9.80 Å². The summed E-state index contributed by atoms with van der Waals surface area (Å²) < 4.78 is 0. The Hall–Kier alpha value is 0.270. The van der Waals surface area contributed by atoms with Crippen LogP contribution in [0.15, 0.2) is 0 Å². The molecular formula is C14H26N2S. The van der Waals surface area contributed by atoms with E-state index in [4.69, 9.17) is 0 Å². The summed E-state index contributed by atoms with van der Waals surface area (Å²) >= 11 is 2.18. The fourth-order valence-corrected chi connectivity index (χ4v) is 4.93. The molecule has 3 saturated heterocycles. The van der Waals surface area contributed by atoms with Gasteiger partial charge >= 0.3 is 0 Å². The van der Waals surface area contributed by atoms with Crippen molar-refractivity contribution in [1.29, 1.82) is 0 Å². The van der Waals surface area contributed by atoms with Gasteiger partial charge < -0.3 is 0 Å². The lowest BCUT2D eigenvalue weighted by Gasteiger charge is -2.38. The largest absolute Gasteiger partial charge is 0.299 e. The monoisotopic (exact) mass is 254 g/mol. The summed E-state index contributed by atoms with van der Waals surface area (Å²) in [5.41, 5.74) is 0. The van der Waals surface area contributed by atoms with Gasteiger partial charge in [-0.2, -0.15) is 11.8 Å². The Bertz CT molecular complexity index is 240. The van der Waals surface area contributed by atoms with E-state index in [1.54, 1.807) is 0 Å². The molecule has 3 fully saturated rings. The zero-order chi connectivity index (χ0) is 11.5. The summed E-state index contributed by atoms with van der Waals surface area (Å²) in [7, 11) is 0. The molecule has 2 nitrogen and oxygen atoms in total. The molecule has 0 radical (unpaired) electrons. The highest BCUT2D eigenvalue weighted by Crippen LogP contribution is 2.26. The second-order valence-electron chi connectivity index (χ2n) is 5.91. The lowest BCUT2D eigenvalue weighted by molar-refractivity contribution is 0.121. The summed E-state index contributed by atoms with van der Waals surface area (Å²) in [4.78, 5) is 5.61. The fourth-order valence-electron chi connectivity index (χ4n) is 3.74. The van der Waals surface area contributed by atoms with Crippen LogP contribution in [0.2, 0.25) is 0 Å². The van der Waals surface area contributed by atoms with Gasteiger partial charge in [0.1, 0.15) is 0 Å². The maximum absolute atomic E-state index is 2.84. The molecule has 0 aromatic heterocycles. The molecular weight excluding hydrogens is 228 g/mol. The molecule has 3 aliphatic heterocycles. The highest BCUT2D eigenvalue weighted by atomic mass is 32.2. The molecule has 3 aliphatic rings. The van der Waals surface area contributed by atoms with Gasteiger partial charge in [0.05, 0.1) is 0 Å². The lowest BCUT2D eigenvalue weighted by Crippen LogP contribution is -2.47. The standard InChI is InChI=1S/C14H26N2S/c1-2-7-15-8-4-9-16(11-13(15)5-1)14-6-3-10-17-12-14/h13-14H,1-12H2. The van der Waals surface area contributed by atoms with Crippen LogP contribution in [-0.2, 0) is 0 Å². The Morgan fingerprint density at radius 1 is 0.765 bits per heavy atom. The van der Waals surface area contributed by atoms with E-state index < -0.39 is 0 Å². The fraction of sp³-hybridized carbons (Fsp3) is 1.00. The molecule has 0 amide bonds. The van der Waals surface area contributed by atoms with Crippen molar-refractivity contribution < 1.29 is 0 Å². The van der Waals surface area contributed by atoms with Crippen molar-refractivity contribution in [3.05, 3.63) is 0 Å². The van der Waals surface area contributed by atoms with Crippen molar-refractivity contribution >= 4 is 11.8 Å². The number of piperidine rings is 1. The van der Waals surface area contributed by atoms with Gasteiger partial charge in [-0.05, 0) is 57.5 Å². The number of fused-ring (bicyclic) bond motifs is 1. The number of rotatable bonds is 1. The molecule has 17 heavy (non-hydrogen) atoms. The van der Waals surface area contributed by atoms with Crippen LogP contribution >= 0.6 is 11.8 Å². The predicted octanol–water partition coefficient (Wildman–Crippen LogP) is 2.44. The van der Waals surface area contributed by atoms with Crippen molar-refractivity contribution in [3.8, 4) is 0 Å². The third-order valence-corrected chi connectivity index (χ3v) is 5.94. The minimum Gasteiger partial charge on any atom is -0.299 e. The molecule has 0 aromatic carbocycles. The maximum Gasteiger partial charge on any atom is 0.0223 e. The second kappa shape index (κ2) is 5.94. The highest BCUT2D eigenvalue weighted by molar-refractivity contribution is 7.99. The van der Waals surface area contributed by atoms with Crippen LogP contribution in [0.25, 0.3) is 0 Å². The normalized spacial score (nSPS) is 37.4. The van der Waals surface area contributed by atoms with E-state index >= 15 is 0 Å². The number of hydrogen-bond acceptors (Lipinski definition) is 3. The summed E-state index contributed by atoms with van der Waals surface area (Å²) in [6, 6.07) is 1.79. The minimum atomic E-state index is 0.887. The Kier molecular flexibility index (Phi) is 4.30. The first-order valence-electron chi connectivity index (χ1n) is 7.49. The smallest absolute Gasteiger partial charge is 0.0223 e. The minimum absolute atomic E-state index is 0.887. The molecule has 0 saturated carbocycles. The first-order valence-corrected chi connectivity index (χ1v) is 8.65. The summed E-state index contributed by atoms with van der Waals surface area (Å²) in [6.45, 7) is 5.46. The van der Waals surface area contributed by atoms with Crippen molar-refractivity contribution in [2.75, 3.05) is 37.7 Å². The molecule has 3 rings (SSSR count). The highest BCUT2D eigenvalue weighted by Gasteiger charge is 2.30. The van der Waals surface area contributed by atoms with Crippen LogP contribution in [0, 0.1) is 0 Å². The first-order chi connectivity index (χ1) is 8.43. The molecule has 0 bridgehead atoms. The summed E-state index contributed by atoms with van der Waals surface area (Å²) in [5.74, 6) is 2.80. The van der Waals surface area contributed by atoms with Gasteiger partial charge in [0.25, 0.3) is 0 Å². The second-order valence-corrected chi connectivity index (χ2v) is 7.05. The molecule has 2 unspecified atom stereocenters. The molecule has 3 heteroatoms. The Balaban J connectivity index is 1.61. The van der Waals surface area contributed by atoms with Gasteiger partial charge in [0, 0.05) is 24.4 Å². The molecule has 0 N–H and O–H groups in total. The van der Waals surface area contributed by atoms with E-state index in [1.165, 1.54) is 76.2 Å². The summed E-state index contributed by atoms with van der Waals surface area (Å²) in [5, 5.41) is 0. The zero-order valence-electron chi connectivity index (χ0n) is 10.9. The quantitative estimate of drug-likeness (QED) is 0.710. The van der Waals surface area contributed by atoms with Crippen LogP contribution in [-0.4, -0.2) is 59.6 Å². The van der Waals surface area contributed by atoms with Crippen LogP contribution in [0.5, 0.6) is 0 Å². The van der Waals surface area contributed by atoms with Gasteiger partial charge in [-0.1, -0.05) is 6.42 Å². The van der Waals surface area contributed by atoms with Crippen molar-refractivity contribution in [1.82, 2.24) is 9.80 Å². The van der Waals surface area contributed by atoms with Crippen molar-refractivity contribution in [2.45, 2.75) is 50.6 Å². The average molecular weight is 254 g/mol. The predicted molar refractivity (Wildman–Crippen MR) is 75.7 cm³/mol. The van der Waals surface area contributed by atoms with E-state index in [-0.39, 0.29) is 0 Å². The molecule has 3 heterocycles. The SMILES string of the molecule is C1CCN2CCCN(C3CCCSC3)CC2C1. The van der Waals surface area contributed by atoms with E-state index in [0.29, 0.717) is 0 Å². The van der Waals surface area contributed by atoms with Crippen molar-refractivity contribution in [3.63, 3.8) is 0 Å². The third kappa shape index (κ3) is 2.99. The van der Waals surface area contributed by atoms with E-state index in [2.05, 4.69) is 21.6 Å².